The summed E-state index contributed by atoms with van der Waals surface area (Å²) in [4.78, 5) is 49.5. The highest BCUT2D eigenvalue weighted by Gasteiger charge is 2.55. The zero-order valence-electron chi connectivity index (χ0n) is 24.3. The number of amides is 2. The maximum absolute atomic E-state index is 13.6. The Morgan fingerprint density at radius 2 is 1.80 bits per heavy atom. The van der Waals surface area contributed by atoms with Gasteiger partial charge in [0.25, 0.3) is 5.69 Å². The minimum atomic E-state index is -2.20. The molecule has 0 aliphatic carbocycles. The average Bonchev–Trinajstić information content (AvgIpc) is 2.83. The summed E-state index contributed by atoms with van der Waals surface area (Å²) in [5.41, 5.74) is 6.23. The average molecular weight is 594 g/mol. The number of benzene rings is 1. The highest BCUT2D eigenvalue weighted by atomic mass is 32.2. The lowest BCUT2D eigenvalue weighted by molar-refractivity contribution is -0.384. The molecular weight excluding hydrogens is 554 g/mol. The molecule has 11 nitrogen and oxygen atoms in total. The van der Waals surface area contributed by atoms with E-state index in [1.54, 1.807) is 25.3 Å². The topological polar surface area (TPSA) is 151 Å². The van der Waals surface area contributed by atoms with Crippen molar-refractivity contribution in [1.29, 1.82) is 0 Å². The molecule has 1 aromatic rings. The van der Waals surface area contributed by atoms with Crippen LogP contribution in [-0.2, 0) is 30.1 Å². The van der Waals surface area contributed by atoms with E-state index in [9.17, 15) is 24.5 Å². The molecular formula is C27H39N3O8SSi. The van der Waals surface area contributed by atoms with Crippen LogP contribution in [0.1, 0.15) is 47.1 Å². The third-order valence-corrected chi connectivity index (χ3v) is 12.6. The second-order valence-electron chi connectivity index (χ2n) is 11.2. The summed E-state index contributed by atoms with van der Waals surface area (Å²) in [6.45, 7) is 15.8. The fourth-order valence-corrected chi connectivity index (χ4v) is 6.42. The summed E-state index contributed by atoms with van der Waals surface area (Å²) >= 11 is 1.30. The molecule has 13 heteroatoms. The summed E-state index contributed by atoms with van der Waals surface area (Å²) in [5, 5.41) is 12.1. The number of nitro benzene ring substituents is 1. The number of β-lactam (4-membered cyclic amide) rings is 1. The first kappa shape index (κ1) is 33.0. The van der Waals surface area contributed by atoms with E-state index in [0.29, 0.717) is 11.1 Å². The van der Waals surface area contributed by atoms with Crippen molar-refractivity contribution in [3.05, 3.63) is 62.7 Å². The Labute approximate surface area is 240 Å². The summed E-state index contributed by atoms with van der Waals surface area (Å²) < 4.78 is 16.8. The van der Waals surface area contributed by atoms with Crippen molar-refractivity contribution in [2.75, 3.05) is 6.61 Å². The first-order chi connectivity index (χ1) is 18.5. The number of non-ortho nitro benzene ring substituents is 1. The first-order valence-corrected chi connectivity index (χ1v) is 16.6. The molecule has 1 fully saturated rings. The van der Waals surface area contributed by atoms with Crippen LogP contribution in [0.4, 0.5) is 10.5 Å². The molecule has 2 rings (SSSR count). The van der Waals surface area contributed by atoms with Crippen LogP contribution in [0, 0.1) is 16.0 Å². The van der Waals surface area contributed by atoms with E-state index in [1.807, 2.05) is 6.92 Å². The molecule has 0 aromatic heterocycles. The Kier molecular flexibility index (Phi) is 11.1. The van der Waals surface area contributed by atoms with Gasteiger partial charge >= 0.3 is 12.1 Å². The Balaban J connectivity index is 2.27. The van der Waals surface area contributed by atoms with Crippen molar-refractivity contribution in [3.63, 3.8) is 0 Å². The fraction of sp³-hybridized carbons (Fsp3) is 0.519. The summed E-state index contributed by atoms with van der Waals surface area (Å²) in [6.07, 6.45) is 0.293. The third-order valence-electron chi connectivity index (χ3n) is 6.94. The molecule has 0 saturated carbocycles. The van der Waals surface area contributed by atoms with Crippen LogP contribution in [0.15, 0.2) is 47.0 Å². The van der Waals surface area contributed by atoms with Gasteiger partial charge in [0.2, 0.25) is 5.91 Å². The van der Waals surface area contributed by atoms with Gasteiger partial charge in [-0.1, -0.05) is 20.8 Å². The first-order valence-electron chi connectivity index (χ1n) is 12.8. The highest BCUT2D eigenvalue weighted by Crippen LogP contribution is 2.45. The van der Waals surface area contributed by atoms with Crippen molar-refractivity contribution in [3.8, 4) is 0 Å². The van der Waals surface area contributed by atoms with Gasteiger partial charge in [-0.05, 0) is 73.7 Å². The molecule has 0 bridgehead atoms. The number of ether oxygens (including phenoxy) is 2. The van der Waals surface area contributed by atoms with Crippen LogP contribution in [0.25, 0.3) is 0 Å². The fourth-order valence-electron chi connectivity index (χ4n) is 3.80. The van der Waals surface area contributed by atoms with Crippen molar-refractivity contribution in [1.82, 2.24) is 4.90 Å². The van der Waals surface area contributed by atoms with Crippen molar-refractivity contribution in [2.24, 2.45) is 11.7 Å². The minimum absolute atomic E-state index is 0.0313. The van der Waals surface area contributed by atoms with Crippen LogP contribution < -0.4 is 5.73 Å². The molecule has 0 spiro atoms. The molecule has 1 aromatic carbocycles. The SMILES string of the molecule is CC(C)=C(C(=O)OCc1ccc([N+](=O)[O-])cc1)N1C(=O)C(C(C)O[Si](C)(C)C(C)(C)C)C1SC=CCOC(N)=O. The van der Waals surface area contributed by atoms with E-state index >= 15 is 0 Å². The predicted octanol–water partition coefficient (Wildman–Crippen LogP) is 5.47. The number of nitrogens with zero attached hydrogens (tertiary/aromatic N) is 2. The van der Waals surface area contributed by atoms with Gasteiger partial charge < -0.3 is 19.6 Å². The van der Waals surface area contributed by atoms with Gasteiger partial charge in [-0.3, -0.25) is 19.8 Å². The number of likely N-dealkylation sites (tertiary alicyclic amines) is 1. The van der Waals surface area contributed by atoms with Gasteiger partial charge in [0.05, 0.1) is 16.9 Å². The molecule has 40 heavy (non-hydrogen) atoms. The Hall–Kier alpha value is -3.16. The molecule has 1 heterocycles. The molecule has 0 radical (unpaired) electrons. The molecule has 2 N–H and O–H groups in total. The Bertz CT molecular complexity index is 1170. The lowest BCUT2D eigenvalue weighted by atomic mass is 9.91. The number of esters is 1. The van der Waals surface area contributed by atoms with E-state index in [-0.39, 0.29) is 35.5 Å². The van der Waals surface area contributed by atoms with E-state index in [0.717, 1.165) is 0 Å². The number of allylic oxidation sites excluding steroid dienone is 1. The number of carbonyl (C=O) groups is 3. The summed E-state index contributed by atoms with van der Waals surface area (Å²) in [7, 11) is -2.20. The molecule has 1 aliphatic rings. The maximum Gasteiger partial charge on any atom is 0.404 e. The molecule has 2 amide bonds. The highest BCUT2D eigenvalue weighted by molar-refractivity contribution is 8.02. The van der Waals surface area contributed by atoms with Gasteiger partial charge in [0, 0.05) is 12.1 Å². The molecule has 3 unspecified atom stereocenters. The van der Waals surface area contributed by atoms with Gasteiger partial charge in [-0.25, -0.2) is 9.59 Å². The molecule has 1 saturated heterocycles. The largest absolute Gasteiger partial charge is 0.456 e. The minimum Gasteiger partial charge on any atom is -0.456 e. The van der Waals surface area contributed by atoms with E-state index < -0.39 is 42.7 Å². The third kappa shape index (κ3) is 8.18. The second kappa shape index (κ2) is 13.5. The number of primary amides is 1. The summed E-state index contributed by atoms with van der Waals surface area (Å²) in [5.74, 6) is -1.47. The van der Waals surface area contributed by atoms with Gasteiger partial charge in [0.1, 0.15) is 24.3 Å². The number of rotatable bonds is 12. The zero-order chi connectivity index (χ0) is 30.4. The van der Waals surface area contributed by atoms with Crippen molar-refractivity contribution >= 4 is 43.7 Å². The van der Waals surface area contributed by atoms with Crippen LogP contribution >= 0.6 is 11.8 Å². The normalized spacial score (nSPS) is 18.2. The lowest BCUT2D eigenvalue weighted by Gasteiger charge is -2.50. The van der Waals surface area contributed by atoms with Crippen molar-refractivity contribution in [2.45, 2.75) is 77.8 Å². The maximum atomic E-state index is 13.6. The summed E-state index contributed by atoms with van der Waals surface area (Å²) in [6, 6.07) is 5.68. The smallest absolute Gasteiger partial charge is 0.404 e. The van der Waals surface area contributed by atoms with E-state index in [2.05, 4.69) is 33.9 Å². The number of carbonyl (C=O) groups excluding carboxylic acids is 3. The van der Waals surface area contributed by atoms with Crippen LogP contribution in [0.3, 0.4) is 0 Å². The number of hydrogen-bond donors (Lipinski definition) is 1. The zero-order valence-corrected chi connectivity index (χ0v) is 26.1. The predicted molar refractivity (Wildman–Crippen MR) is 155 cm³/mol. The Morgan fingerprint density at radius 3 is 2.30 bits per heavy atom. The Morgan fingerprint density at radius 1 is 1.20 bits per heavy atom. The number of hydrogen-bond acceptors (Lipinski definition) is 9. The molecule has 1 aliphatic heterocycles. The molecule has 220 valence electrons. The van der Waals surface area contributed by atoms with E-state index in [1.165, 1.54) is 40.9 Å². The monoisotopic (exact) mass is 593 g/mol. The lowest BCUT2D eigenvalue weighted by Crippen LogP contribution is -2.64. The number of nitrogens with two attached hydrogens (primary N) is 1. The van der Waals surface area contributed by atoms with E-state index in [4.69, 9.17) is 19.6 Å². The van der Waals surface area contributed by atoms with Crippen LogP contribution in [0.5, 0.6) is 0 Å². The quantitative estimate of drug-likeness (QED) is 0.0830. The number of thioether (sulfide) groups is 1. The molecule has 3 atom stereocenters. The van der Waals surface area contributed by atoms with Gasteiger partial charge in [-0.15, -0.1) is 11.8 Å². The standard InChI is InChI=1S/C27H39N3O8SSi/c1-17(2)22(25(32)37-16-19-10-12-20(13-11-19)30(34)35)29-23(31)21(18(3)38-40(7,8)27(4,5)6)24(29)39-15-9-14-36-26(28)33/h9-13,15,18,21,24H,14,16H2,1-8H3,(H2,28,33). The number of nitro groups is 1. The van der Waals surface area contributed by atoms with Gasteiger partial charge in [0.15, 0.2) is 8.32 Å². The van der Waals surface area contributed by atoms with Crippen LogP contribution in [-0.4, -0.2) is 54.2 Å². The second-order valence-corrected chi connectivity index (χ2v) is 17.0. The van der Waals surface area contributed by atoms with Crippen LogP contribution in [0.2, 0.25) is 18.1 Å². The van der Waals surface area contributed by atoms with Gasteiger partial charge in [-0.2, -0.15) is 0 Å². The van der Waals surface area contributed by atoms with Crippen molar-refractivity contribution < 1.29 is 33.2 Å².